The molecule has 90 valence electrons. The summed E-state index contributed by atoms with van der Waals surface area (Å²) < 4.78 is -1.19. The summed E-state index contributed by atoms with van der Waals surface area (Å²) >= 11 is 16.7. The maximum absolute atomic E-state index is 8.50. The Balaban J connectivity index is 3.37. The van der Waals surface area contributed by atoms with Crippen molar-refractivity contribution >= 4 is 34.8 Å². The van der Waals surface area contributed by atoms with Gasteiger partial charge in [0.1, 0.15) is 0 Å². The molecule has 0 aliphatic rings. The molecule has 15 heavy (non-hydrogen) atoms. The van der Waals surface area contributed by atoms with Crippen molar-refractivity contribution in [3.8, 4) is 0 Å². The van der Waals surface area contributed by atoms with Crippen molar-refractivity contribution in [2.75, 3.05) is 0 Å². The zero-order chi connectivity index (χ0) is 11.9. The smallest absolute Gasteiger partial charge is 0.297 e. The Morgan fingerprint density at radius 3 is 2.00 bits per heavy atom. The molecule has 0 atom stereocenters. The van der Waals surface area contributed by atoms with E-state index in [1.165, 1.54) is 6.08 Å². The number of alkyl halides is 3. The number of rotatable bonds is 6. The van der Waals surface area contributed by atoms with Crippen molar-refractivity contribution in [1.29, 1.82) is 0 Å². The Hall–Kier alpha value is 0.490. The van der Waals surface area contributed by atoms with Crippen LogP contribution in [0.4, 0.5) is 0 Å². The number of unbranched alkanes of at least 4 members (excludes halogenated alkanes) is 3. The summed E-state index contributed by atoms with van der Waals surface area (Å²) in [6.45, 7) is 0. The third-order valence-electron chi connectivity index (χ3n) is 1.67. The SMILES string of the molecule is OC(O)(O)C=CCCCCCC(Cl)(Cl)Cl. The first-order valence-corrected chi connectivity index (χ1v) is 5.76. The fraction of sp³-hybridized carbons (Fsp3) is 0.778. The molecule has 0 aromatic heterocycles. The van der Waals surface area contributed by atoms with Crippen LogP contribution in [-0.4, -0.2) is 25.1 Å². The second kappa shape index (κ2) is 6.94. The zero-order valence-corrected chi connectivity index (χ0v) is 10.4. The van der Waals surface area contributed by atoms with Gasteiger partial charge in [-0.2, -0.15) is 0 Å². The van der Waals surface area contributed by atoms with E-state index in [4.69, 9.17) is 50.1 Å². The van der Waals surface area contributed by atoms with Crippen LogP contribution in [0, 0.1) is 0 Å². The summed E-state index contributed by atoms with van der Waals surface area (Å²) in [5.74, 6) is -2.71. The number of halogens is 3. The second-order valence-corrected chi connectivity index (χ2v) is 5.82. The summed E-state index contributed by atoms with van der Waals surface area (Å²) in [6.07, 6.45) is 6.08. The number of hydrogen-bond donors (Lipinski definition) is 3. The molecule has 0 saturated carbocycles. The van der Waals surface area contributed by atoms with Crippen LogP contribution in [0.3, 0.4) is 0 Å². The van der Waals surface area contributed by atoms with Gasteiger partial charge in [-0.05, 0) is 31.8 Å². The molecule has 0 aromatic carbocycles. The largest absolute Gasteiger partial charge is 0.340 e. The predicted molar refractivity (Wildman–Crippen MR) is 61.9 cm³/mol. The summed E-state index contributed by atoms with van der Waals surface area (Å²) in [5.41, 5.74) is 0. The van der Waals surface area contributed by atoms with Crippen LogP contribution in [0.15, 0.2) is 12.2 Å². The van der Waals surface area contributed by atoms with Gasteiger partial charge in [0.15, 0.2) is 3.79 Å². The van der Waals surface area contributed by atoms with E-state index in [2.05, 4.69) is 0 Å². The van der Waals surface area contributed by atoms with Gasteiger partial charge in [0.2, 0.25) is 0 Å². The number of allylic oxidation sites excluding steroid dienone is 1. The van der Waals surface area contributed by atoms with Crippen LogP contribution in [0.25, 0.3) is 0 Å². The van der Waals surface area contributed by atoms with Crippen LogP contribution in [0.2, 0.25) is 0 Å². The maximum atomic E-state index is 8.50. The lowest BCUT2D eigenvalue weighted by Crippen LogP contribution is -2.23. The molecule has 3 nitrogen and oxygen atoms in total. The minimum Gasteiger partial charge on any atom is -0.340 e. The Labute approximate surface area is 104 Å². The lowest BCUT2D eigenvalue weighted by Gasteiger charge is -2.09. The van der Waals surface area contributed by atoms with E-state index in [0.29, 0.717) is 12.8 Å². The van der Waals surface area contributed by atoms with Gasteiger partial charge < -0.3 is 15.3 Å². The molecule has 6 heteroatoms. The molecule has 0 radical (unpaired) electrons. The molecular weight excluding hydrogens is 262 g/mol. The van der Waals surface area contributed by atoms with E-state index in [1.807, 2.05) is 0 Å². The topological polar surface area (TPSA) is 60.7 Å². The van der Waals surface area contributed by atoms with Gasteiger partial charge in [-0.25, -0.2) is 0 Å². The second-order valence-electron chi connectivity index (χ2n) is 3.30. The highest BCUT2D eigenvalue weighted by Gasteiger charge is 2.17. The molecule has 0 saturated heterocycles. The van der Waals surface area contributed by atoms with Gasteiger partial charge in [-0.3, -0.25) is 0 Å². The highest BCUT2D eigenvalue weighted by molar-refractivity contribution is 6.67. The summed E-state index contributed by atoms with van der Waals surface area (Å²) in [5, 5.41) is 25.5. The van der Waals surface area contributed by atoms with Gasteiger partial charge >= 0.3 is 0 Å². The average Bonchev–Trinajstić information content (AvgIpc) is 1.98. The molecule has 0 unspecified atom stereocenters. The normalized spacial score (nSPS) is 13.7. The summed E-state index contributed by atoms with van der Waals surface area (Å²) in [6, 6.07) is 0. The van der Waals surface area contributed by atoms with Crippen LogP contribution < -0.4 is 0 Å². The molecule has 0 spiro atoms. The van der Waals surface area contributed by atoms with Crippen molar-refractivity contribution in [2.45, 2.75) is 41.9 Å². The fourth-order valence-electron chi connectivity index (χ4n) is 1.01. The monoisotopic (exact) mass is 276 g/mol. The molecule has 3 N–H and O–H groups in total. The van der Waals surface area contributed by atoms with Gasteiger partial charge in [-0.15, -0.1) is 0 Å². The molecule has 0 rings (SSSR count). The minimum absolute atomic E-state index is 0.505. The lowest BCUT2D eigenvalue weighted by atomic mass is 10.1. The van der Waals surface area contributed by atoms with Crippen molar-refractivity contribution in [1.82, 2.24) is 0 Å². The molecular formula is C9H15Cl3O3. The van der Waals surface area contributed by atoms with Crippen LogP contribution in [-0.2, 0) is 0 Å². The highest BCUT2D eigenvalue weighted by Crippen LogP contribution is 2.32. The predicted octanol–water partition coefficient (Wildman–Crippen LogP) is 2.49. The van der Waals surface area contributed by atoms with Crippen molar-refractivity contribution in [3.63, 3.8) is 0 Å². The first-order valence-electron chi connectivity index (χ1n) is 4.62. The Morgan fingerprint density at radius 1 is 0.933 bits per heavy atom. The molecule has 0 bridgehead atoms. The van der Waals surface area contributed by atoms with Crippen LogP contribution >= 0.6 is 34.8 Å². The molecule has 0 fully saturated rings. The minimum atomic E-state index is -2.71. The van der Waals surface area contributed by atoms with E-state index in [-0.39, 0.29) is 0 Å². The highest BCUT2D eigenvalue weighted by atomic mass is 35.6. The van der Waals surface area contributed by atoms with Crippen molar-refractivity contribution in [2.24, 2.45) is 0 Å². The zero-order valence-electron chi connectivity index (χ0n) is 8.17. The van der Waals surface area contributed by atoms with Crippen LogP contribution in [0.1, 0.15) is 32.1 Å². The Kier molecular flexibility index (Phi) is 7.17. The number of aliphatic hydroxyl groups is 3. The molecule has 0 aromatic rings. The molecule has 0 heterocycles. The fourth-order valence-corrected chi connectivity index (χ4v) is 1.41. The summed E-state index contributed by atoms with van der Waals surface area (Å²) in [7, 11) is 0. The van der Waals surface area contributed by atoms with Gasteiger partial charge in [0, 0.05) is 0 Å². The van der Waals surface area contributed by atoms with E-state index >= 15 is 0 Å². The van der Waals surface area contributed by atoms with E-state index in [9.17, 15) is 0 Å². The lowest BCUT2D eigenvalue weighted by molar-refractivity contribution is -0.273. The van der Waals surface area contributed by atoms with Gasteiger partial charge in [0.05, 0.1) is 0 Å². The maximum Gasteiger partial charge on any atom is 0.297 e. The van der Waals surface area contributed by atoms with Gasteiger partial charge in [-0.1, -0.05) is 47.3 Å². The molecule has 0 amide bonds. The van der Waals surface area contributed by atoms with Crippen molar-refractivity contribution in [3.05, 3.63) is 12.2 Å². The first-order chi connectivity index (χ1) is 6.71. The van der Waals surface area contributed by atoms with E-state index in [1.54, 1.807) is 0 Å². The molecule has 0 aliphatic heterocycles. The van der Waals surface area contributed by atoms with Gasteiger partial charge in [0.25, 0.3) is 5.97 Å². The standard InChI is InChI=1S/C9H15Cl3O3/c10-8(11,12)6-4-2-1-3-5-7-9(13,14)15/h5,7,13-15H,1-4,6H2. The van der Waals surface area contributed by atoms with Crippen LogP contribution in [0.5, 0.6) is 0 Å². The van der Waals surface area contributed by atoms with Crippen molar-refractivity contribution < 1.29 is 15.3 Å². The van der Waals surface area contributed by atoms with E-state index < -0.39 is 9.77 Å². The quantitative estimate of drug-likeness (QED) is 0.302. The average molecular weight is 278 g/mol. The Bertz CT molecular complexity index is 194. The molecule has 0 aliphatic carbocycles. The third-order valence-corrected chi connectivity index (χ3v) is 2.24. The third kappa shape index (κ3) is 14.5. The number of hydrogen-bond acceptors (Lipinski definition) is 3. The Morgan fingerprint density at radius 2 is 1.53 bits per heavy atom. The van der Waals surface area contributed by atoms with E-state index in [0.717, 1.165) is 25.3 Å². The summed E-state index contributed by atoms with van der Waals surface area (Å²) in [4.78, 5) is 0. The first kappa shape index (κ1) is 15.5.